The van der Waals surface area contributed by atoms with Crippen LogP contribution in [-0.4, -0.2) is 30.0 Å². The number of pyridine rings is 1. The Hall–Kier alpha value is -1.62. The summed E-state index contributed by atoms with van der Waals surface area (Å²) in [5.74, 6) is 1.21. The van der Waals surface area contributed by atoms with Gasteiger partial charge >= 0.3 is 0 Å². The average Bonchev–Trinajstić information content (AvgIpc) is 2.90. The van der Waals surface area contributed by atoms with Crippen molar-refractivity contribution in [3.05, 3.63) is 24.4 Å². The number of nitrogens with one attached hydrogen (secondary N) is 2. The van der Waals surface area contributed by atoms with Gasteiger partial charge in [-0.05, 0) is 44.2 Å². The van der Waals surface area contributed by atoms with E-state index in [2.05, 4.69) is 15.6 Å². The molecule has 1 heterocycles. The fraction of sp³-hybridized carbons (Fsp3) is 0.600. The molecule has 2 unspecified atom stereocenters. The molecule has 5 heteroatoms. The lowest BCUT2D eigenvalue weighted by Gasteiger charge is -2.10. The van der Waals surface area contributed by atoms with E-state index >= 15 is 0 Å². The van der Waals surface area contributed by atoms with E-state index in [1.807, 2.05) is 18.2 Å². The molecule has 1 aromatic rings. The summed E-state index contributed by atoms with van der Waals surface area (Å²) >= 11 is 0. The van der Waals surface area contributed by atoms with Gasteiger partial charge in [0.15, 0.2) is 0 Å². The third kappa shape index (κ3) is 4.81. The molecule has 5 nitrogen and oxygen atoms in total. The topological polar surface area (TPSA) is 80.0 Å². The van der Waals surface area contributed by atoms with E-state index in [1.165, 1.54) is 0 Å². The van der Waals surface area contributed by atoms with E-state index in [1.54, 1.807) is 6.20 Å². The maximum atomic E-state index is 11.9. The molecule has 4 N–H and O–H groups in total. The van der Waals surface area contributed by atoms with Crippen LogP contribution in [0.1, 0.15) is 32.1 Å². The van der Waals surface area contributed by atoms with E-state index in [-0.39, 0.29) is 17.9 Å². The molecular formula is C15H24N4O. The summed E-state index contributed by atoms with van der Waals surface area (Å²) in [7, 11) is 0. The van der Waals surface area contributed by atoms with Gasteiger partial charge in [0.25, 0.3) is 0 Å². The molecule has 0 spiro atoms. The van der Waals surface area contributed by atoms with Crippen molar-refractivity contribution in [2.24, 2.45) is 11.7 Å². The Balaban J connectivity index is 1.50. The minimum Gasteiger partial charge on any atom is -0.370 e. The van der Waals surface area contributed by atoms with Crippen LogP contribution in [0.5, 0.6) is 0 Å². The molecule has 1 aliphatic rings. The van der Waals surface area contributed by atoms with Crippen molar-refractivity contribution < 1.29 is 4.79 Å². The summed E-state index contributed by atoms with van der Waals surface area (Å²) in [5, 5.41) is 6.26. The summed E-state index contributed by atoms with van der Waals surface area (Å²) in [5.41, 5.74) is 5.82. The number of unbranched alkanes of at least 4 members (excludes halogenated alkanes) is 1. The maximum absolute atomic E-state index is 11.9. The van der Waals surface area contributed by atoms with E-state index in [0.717, 1.165) is 51.0 Å². The Morgan fingerprint density at radius 1 is 1.30 bits per heavy atom. The second kappa shape index (κ2) is 7.85. The second-order valence-corrected chi connectivity index (χ2v) is 5.41. The van der Waals surface area contributed by atoms with E-state index < -0.39 is 0 Å². The summed E-state index contributed by atoms with van der Waals surface area (Å²) in [6.45, 7) is 1.62. The van der Waals surface area contributed by atoms with Crippen LogP contribution in [0.3, 0.4) is 0 Å². The number of amides is 1. The van der Waals surface area contributed by atoms with Gasteiger partial charge in [-0.15, -0.1) is 0 Å². The number of nitrogens with two attached hydrogens (primary N) is 1. The molecule has 1 saturated carbocycles. The van der Waals surface area contributed by atoms with Gasteiger partial charge in [-0.3, -0.25) is 4.79 Å². The zero-order valence-corrected chi connectivity index (χ0v) is 11.8. The second-order valence-electron chi connectivity index (χ2n) is 5.41. The standard InChI is InChI=1S/C15H24N4O/c16-13-7-6-12(11-13)15(20)19-10-4-3-9-18-14-5-1-2-8-17-14/h1-2,5,8,12-13H,3-4,6-7,9-11,16H2,(H,17,18)(H,19,20). The molecule has 0 bridgehead atoms. The predicted molar refractivity (Wildman–Crippen MR) is 80.3 cm³/mol. The Kier molecular flexibility index (Phi) is 5.80. The Morgan fingerprint density at radius 2 is 2.15 bits per heavy atom. The molecule has 110 valence electrons. The van der Waals surface area contributed by atoms with Gasteiger partial charge in [0.1, 0.15) is 5.82 Å². The number of rotatable bonds is 7. The monoisotopic (exact) mass is 276 g/mol. The molecule has 0 saturated heterocycles. The van der Waals surface area contributed by atoms with Crippen molar-refractivity contribution >= 4 is 11.7 Å². The first kappa shape index (κ1) is 14.8. The number of aromatic nitrogens is 1. The number of hydrogen-bond acceptors (Lipinski definition) is 4. The molecular weight excluding hydrogens is 252 g/mol. The van der Waals surface area contributed by atoms with Gasteiger partial charge < -0.3 is 16.4 Å². The van der Waals surface area contributed by atoms with E-state index in [4.69, 9.17) is 5.73 Å². The summed E-state index contributed by atoms with van der Waals surface area (Å²) < 4.78 is 0. The average molecular weight is 276 g/mol. The SMILES string of the molecule is NC1CCC(C(=O)NCCCCNc2ccccn2)C1. The summed E-state index contributed by atoms with van der Waals surface area (Å²) in [4.78, 5) is 16.0. The molecule has 1 aromatic heterocycles. The molecule has 0 radical (unpaired) electrons. The molecule has 1 aliphatic carbocycles. The largest absolute Gasteiger partial charge is 0.370 e. The minimum atomic E-state index is 0.136. The molecule has 20 heavy (non-hydrogen) atoms. The van der Waals surface area contributed by atoms with Crippen LogP contribution >= 0.6 is 0 Å². The zero-order chi connectivity index (χ0) is 14.2. The summed E-state index contributed by atoms with van der Waals surface area (Å²) in [6, 6.07) is 6.02. The first-order valence-corrected chi connectivity index (χ1v) is 7.44. The van der Waals surface area contributed by atoms with Crippen LogP contribution in [0.2, 0.25) is 0 Å². The van der Waals surface area contributed by atoms with Crippen molar-refractivity contribution in [3.63, 3.8) is 0 Å². The highest BCUT2D eigenvalue weighted by atomic mass is 16.1. The van der Waals surface area contributed by atoms with Crippen LogP contribution in [0, 0.1) is 5.92 Å². The first-order chi connectivity index (χ1) is 9.75. The number of nitrogens with zero attached hydrogens (tertiary/aromatic N) is 1. The lowest BCUT2D eigenvalue weighted by atomic mass is 10.1. The quantitative estimate of drug-likeness (QED) is 0.660. The first-order valence-electron chi connectivity index (χ1n) is 7.44. The lowest BCUT2D eigenvalue weighted by Crippen LogP contribution is -2.31. The normalized spacial score (nSPS) is 21.6. The van der Waals surface area contributed by atoms with Gasteiger partial charge in [0.05, 0.1) is 0 Å². The smallest absolute Gasteiger partial charge is 0.223 e. The Labute approximate surface area is 120 Å². The van der Waals surface area contributed by atoms with Gasteiger partial charge in [-0.1, -0.05) is 6.07 Å². The minimum absolute atomic E-state index is 0.136. The molecule has 0 aromatic carbocycles. The number of anilines is 1. The fourth-order valence-electron chi connectivity index (χ4n) is 2.54. The van der Waals surface area contributed by atoms with Crippen molar-refractivity contribution in [1.82, 2.24) is 10.3 Å². The molecule has 2 atom stereocenters. The number of carbonyl (C=O) groups excluding carboxylic acids is 1. The predicted octanol–water partition coefficient (Wildman–Crippen LogP) is 1.52. The van der Waals surface area contributed by atoms with Crippen LogP contribution in [0.15, 0.2) is 24.4 Å². The van der Waals surface area contributed by atoms with Gasteiger partial charge in [0.2, 0.25) is 5.91 Å². The molecule has 0 aliphatic heterocycles. The lowest BCUT2D eigenvalue weighted by molar-refractivity contribution is -0.124. The van der Waals surface area contributed by atoms with E-state index in [0.29, 0.717) is 0 Å². The van der Waals surface area contributed by atoms with Crippen molar-refractivity contribution in [3.8, 4) is 0 Å². The molecule has 1 amide bonds. The van der Waals surface area contributed by atoms with Crippen molar-refractivity contribution in [2.75, 3.05) is 18.4 Å². The van der Waals surface area contributed by atoms with Crippen molar-refractivity contribution in [1.29, 1.82) is 0 Å². The van der Waals surface area contributed by atoms with Gasteiger partial charge in [-0.2, -0.15) is 0 Å². The Bertz CT molecular complexity index is 410. The maximum Gasteiger partial charge on any atom is 0.223 e. The van der Waals surface area contributed by atoms with Crippen molar-refractivity contribution in [2.45, 2.75) is 38.1 Å². The summed E-state index contributed by atoms with van der Waals surface area (Å²) in [6.07, 6.45) is 6.52. The molecule has 1 fully saturated rings. The third-order valence-corrected chi connectivity index (χ3v) is 3.72. The Morgan fingerprint density at radius 3 is 2.85 bits per heavy atom. The van der Waals surface area contributed by atoms with E-state index in [9.17, 15) is 4.79 Å². The van der Waals surface area contributed by atoms with Crippen LogP contribution in [-0.2, 0) is 4.79 Å². The number of hydrogen-bond donors (Lipinski definition) is 3. The van der Waals surface area contributed by atoms with Crippen LogP contribution < -0.4 is 16.4 Å². The number of carbonyl (C=O) groups is 1. The highest BCUT2D eigenvalue weighted by Gasteiger charge is 2.27. The molecule has 2 rings (SSSR count). The highest BCUT2D eigenvalue weighted by Crippen LogP contribution is 2.23. The van der Waals surface area contributed by atoms with Crippen LogP contribution in [0.4, 0.5) is 5.82 Å². The van der Waals surface area contributed by atoms with Crippen LogP contribution in [0.25, 0.3) is 0 Å². The zero-order valence-electron chi connectivity index (χ0n) is 11.8. The van der Waals surface area contributed by atoms with Gasteiger partial charge in [-0.25, -0.2) is 4.98 Å². The fourth-order valence-corrected chi connectivity index (χ4v) is 2.54. The van der Waals surface area contributed by atoms with Gasteiger partial charge in [0, 0.05) is 31.2 Å². The third-order valence-electron chi connectivity index (χ3n) is 3.72. The highest BCUT2D eigenvalue weighted by molar-refractivity contribution is 5.78.